The van der Waals surface area contributed by atoms with Crippen LogP contribution in [0.4, 0.5) is 0 Å². The summed E-state index contributed by atoms with van der Waals surface area (Å²) in [6.07, 6.45) is 1.90. The number of para-hydroxylation sites is 1. The Morgan fingerprint density at radius 1 is 0.462 bits per heavy atom. The second kappa shape index (κ2) is 11.3. The van der Waals surface area contributed by atoms with Gasteiger partial charge in [-0.3, -0.25) is 4.99 Å². The highest BCUT2D eigenvalue weighted by atomic mass is 16.3. The van der Waals surface area contributed by atoms with Gasteiger partial charge in [0.15, 0.2) is 0 Å². The molecule has 8 aromatic carbocycles. The molecule has 0 amide bonds. The molecule has 1 N–H and O–H groups in total. The minimum absolute atomic E-state index is 0.262. The van der Waals surface area contributed by atoms with Crippen LogP contribution in [0.1, 0.15) is 22.9 Å². The van der Waals surface area contributed by atoms with E-state index in [0.717, 1.165) is 83.1 Å². The van der Waals surface area contributed by atoms with E-state index in [1.807, 2.05) is 12.1 Å². The number of nitrogens with one attached hydrogen (secondary N) is 1. The molecular formula is C48H30N2O2. The molecule has 0 fully saturated rings. The van der Waals surface area contributed by atoms with Crippen molar-refractivity contribution in [1.82, 2.24) is 5.32 Å². The van der Waals surface area contributed by atoms with Gasteiger partial charge in [-0.1, -0.05) is 127 Å². The van der Waals surface area contributed by atoms with Gasteiger partial charge >= 0.3 is 0 Å². The number of allylic oxidation sites excluding steroid dienone is 1. The lowest BCUT2D eigenvalue weighted by Gasteiger charge is -2.25. The molecule has 0 saturated heterocycles. The SMILES string of the molecule is C1=C(c2ccccc2)NC(c2ccc3ccccc3c2)N=C1c1cccc2oc3cc(-c4cccc5c4oc4cc6ccccc6cc45)ccc3c12. The third-order valence-electron chi connectivity index (χ3n) is 10.5. The largest absolute Gasteiger partial charge is 0.456 e. The Labute approximate surface area is 298 Å². The Balaban J connectivity index is 1.06. The molecule has 1 atom stereocenters. The van der Waals surface area contributed by atoms with Crippen LogP contribution in [0.2, 0.25) is 0 Å². The van der Waals surface area contributed by atoms with Crippen molar-refractivity contribution in [3.63, 3.8) is 0 Å². The molecule has 4 heteroatoms. The number of hydrogen-bond donors (Lipinski definition) is 1. The van der Waals surface area contributed by atoms with Gasteiger partial charge in [0.1, 0.15) is 28.5 Å². The van der Waals surface area contributed by atoms with Crippen LogP contribution < -0.4 is 5.32 Å². The zero-order valence-corrected chi connectivity index (χ0v) is 28.0. The molecule has 1 aliphatic heterocycles. The van der Waals surface area contributed by atoms with E-state index in [1.165, 1.54) is 21.5 Å². The monoisotopic (exact) mass is 666 g/mol. The molecule has 4 nitrogen and oxygen atoms in total. The first-order chi connectivity index (χ1) is 25.7. The molecule has 0 aliphatic carbocycles. The first kappa shape index (κ1) is 28.9. The standard InChI is InChI=1S/C48H30N2O2/c1-2-11-30(12-3-1)41-28-42(50-48(49-41)35-21-20-29-10-4-5-13-31(29)24-35)38-18-9-19-43-46(38)39-23-22-34(27-44(39)51-43)36-16-8-17-37-40-25-32-14-6-7-15-33(32)26-45(40)52-47(36)37/h1-28,48-49H. The summed E-state index contributed by atoms with van der Waals surface area (Å²) in [6, 6.07) is 57.5. The van der Waals surface area contributed by atoms with E-state index in [0.29, 0.717) is 0 Å². The molecule has 0 bridgehead atoms. The second-order valence-corrected chi connectivity index (χ2v) is 13.6. The van der Waals surface area contributed by atoms with Crippen molar-refractivity contribution in [2.75, 3.05) is 0 Å². The van der Waals surface area contributed by atoms with E-state index in [2.05, 4.69) is 163 Å². The fourth-order valence-corrected chi connectivity index (χ4v) is 7.92. The van der Waals surface area contributed by atoms with Crippen LogP contribution >= 0.6 is 0 Å². The van der Waals surface area contributed by atoms with Crippen LogP contribution in [0, 0.1) is 0 Å². The predicted octanol–water partition coefficient (Wildman–Crippen LogP) is 12.6. The molecule has 52 heavy (non-hydrogen) atoms. The number of hydrogen-bond acceptors (Lipinski definition) is 4. The summed E-state index contributed by atoms with van der Waals surface area (Å²) in [6.45, 7) is 0. The second-order valence-electron chi connectivity index (χ2n) is 13.6. The van der Waals surface area contributed by atoms with Crippen molar-refractivity contribution in [2.45, 2.75) is 6.17 Å². The van der Waals surface area contributed by atoms with Crippen LogP contribution in [0.5, 0.6) is 0 Å². The Bertz CT molecular complexity index is 3110. The molecule has 3 heterocycles. The van der Waals surface area contributed by atoms with Gasteiger partial charge in [0.2, 0.25) is 0 Å². The Hall–Kier alpha value is -6.91. The van der Waals surface area contributed by atoms with E-state index < -0.39 is 0 Å². The number of aliphatic imine (C=N–C) groups is 1. The summed E-state index contributed by atoms with van der Waals surface area (Å²) in [4.78, 5) is 5.36. The quantitative estimate of drug-likeness (QED) is 0.203. The highest BCUT2D eigenvalue weighted by molar-refractivity contribution is 6.24. The van der Waals surface area contributed by atoms with Gasteiger partial charge in [-0.15, -0.1) is 0 Å². The summed E-state index contributed by atoms with van der Waals surface area (Å²) in [5, 5.41) is 12.8. The Morgan fingerprint density at radius 3 is 2.06 bits per heavy atom. The van der Waals surface area contributed by atoms with Crippen LogP contribution in [-0.4, -0.2) is 5.71 Å². The van der Waals surface area contributed by atoms with Crippen molar-refractivity contribution in [3.05, 3.63) is 187 Å². The molecule has 1 aliphatic rings. The molecular weight excluding hydrogens is 637 g/mol. The van der Waals surface area contributed by atoms with Gasteiger partial charge in [0.25, 0.3) is 0 Å². The van der Waals surface area contributed by atoms with E-state index in [9.17, 15) is 0 Å². The third kappa shape index (κ3) is 4.58. The summed E-state index contributed by atoms with van der Waals surface area (Å²) in [7, 11) is 0. The number of fused-ring (bicyclic) bond motifs is 8. The number of rotatable bonds is 4. The lowest BCUT2D eigenvalue weighted by Crippen LogP contribution is -2.24. The van der Waals surface area contributed by atoms with Gasteiger partial charge in [-0.25, -0.2) is 0 Å². The smallest absolute Gasteiger partial charge is 0.145 e. The fourth-order valence-electron chi connectivity index (χ4n) is 7.92. The number of nitrogens with zero attached hydrogens (tertiary/aromatic N) is 1. The van der Waals surface area contributed by atoms with Crippen LogP contribution in [0.15, 0.2) is 184 Å². The van der Waals surface area contributed by atoms with Crippen molar-refractivity contribution < 1.29 is 8.83 Å². The van der Waals surface area contributed by atoms with Gasteiger partial charge in [-0.2, -0.15) is 0 Å². The van der Waals surface area contributed by atoms with Gasteiger partial charge < -0.3 is 14.2 Å². The highest BCUT2D eigenvalue weighted by Gasteiger charge is 2.23. The summed E-state index contributed by atoms with van der Waals surface area (Å²) in [5.74, 6) is 0. The summed E-state index contributed by atoms with van der Waals surface area (Å²) >= 11 is 0. The molecule has 10 aromatic rings. The molecule has 244 valence electrons. The van der Waals surface area contributed by atoms with Crippen LogP contribution in [0.25, 0.3) is 82.2 Å². The maximum Gasteiger partial charge on any atom is 0.145 e. The average Bonchev–Trinajstić information content (AvgIpc) is 3.77. The minimum atomic E-state index is -0.262. The van der Waals surface area contributed by atoms with E-state index in [-0.39, 0.29) is 6.17 Å². The number of benzene rings is 8. The van der Waals surface area contributed by atoms with Crippen molar-refractivity contribution in [1.29, 1.82) is 0 Å². The first-order valence-corrected chi connectivity index (χ1v) is 17.6. The van der Waals surface area contributed by atoms with Gasteiger partial charge in [-0.05, 0) is 80.7 Å². The zero-order valence-electron chi connectivity index (χ0n) is 28.0. The van der Waals surface area contributed by atoms with E-state index in [1.54, 1.807) is 0 Å². The summed E-state index contributed by atoms with van der Waals surface area (Å²) in [5.41, 5.74) is 10.7. The van der Waals surface area contributed by atoms with E-state index >= 15 is 0 Å². The number of furan rings is 2. The first-order valence-electron chi connectivity index (χ1n) is 17.6. The topological polar surface area (TPSA) is 50.7 Å². The third-order valence-corrected chi connectivity index (χ3v) is 10.5. The van der Waals surface area contributed by atoms with Crippen LogP contribution in [-0.2, 0) is 0 Å². The van der Waals surface area contributed by atoms with Crippen LogP contribution in [0.3, 0.4) is 0 Å². The lowest BCUT2D eigenvalue weighted by atomic mass is 9.96. The molecule has 1 unspecified atom stereocenters. The molecule has 11 rings (SSSR count). The maximum absolute atomic E-state index is 6.62. The van der Waals surface area contributed by atoms with Gasteiger partial charge in [0.05, 0.1) is 5.71 Å². The van der Waals surface area contributed by atoms with Crippen molar-refractivity contribution >= 4 is 76.8 Å². The molecule has 0 saturated carbocycles. The Kier molecular flexibility index (Phi) is 6.28. The molecule has 0 spiro atoms. The van der Waals surface area contributed by atoms with Gasteiger partial charge in [0, 0.05) is 38.4 Å². The highest BCUT2D eigenvalue weighted by Crippen LogP contribution is 2.40. The Morgan fingerprint density at radius 2 is 1.19 bits per heavy atom. The lowest BCUT2D eigenvalue weighted by molar-refractivity contribution is 0.664. The summed E-state index contributed by atoms with van der Waals surface area (Å²) < 4.78 is 13.2. The average molecular weight is 667 g/mol. The molecule has 0 radical (unpaired) electrons. The predicted molar refractivity (Wildman–Crippen MR) is 215 cm³/mol. The van der Waals surface area contributed by atoms with Crippen molar-refractivity contribution in [3.8, 4) is 11.1 Å². The fraction of sp³-hybridized carbons (Fsp3) is 0.0208. The van der Waals surface area contributed by atoms with Crippen molar-refractivity contribution in [2.24, 2.45) is 4.99 Å². The van der Waals surface area contributed by atoms with E-state index in [4.69, 9.17) is 13.8 Å². The minimum Gasteiger partial charge on any atom is -0.456 e. The zero-order chi connectivity index (χ0) is 34.2. The maximum atomic E-state index is 6.62. The molecule has 2 aromatic heterocycles. The normalized spacial score (nSPS) is 14.7.